The highest BCUT2D eigenvalue weighted by Gasteiger charge is 2.14. The molecule has 1 unspecified atom stereocenters. The lowest BCUT2D eigenvalue weighted by Crippen LogP contribution is -2.28. The van der Waals surface area contributed by atoms with Crippen LogP contribution in [0.15, 0.2) is 24.3 Å². The van der Waals surface area contributed by atoms with Crippen LogP contribution in [0.2, 0.25) is 0 Å². The standard InChI is InChI=1S/C34H61NO5/c1-3-5-7-8-9-10-11-12-13-14-15-16-17-18-19-20-25-29-34(39)40-31(26-22-6-4-2)27-23-21-24-28-32(36)35-30-33(37)38/h9-10,12-13,31H,3-8,11,14-30H2,1-2H3,(H,35,36)(H,37,38)/b10-9-,13-12-. The number of hydrogen-bond donors (Lipinski definition) is 2. The number of unbranched alkanes of at least 4 members (excludes halogenated alkanes) is 14. The summed E-state index contributed by atoms with van der Waals surface area (Å²) in [6.45, 7) is 4.08. The van der Waals surface area contributed by atoms with E-state index in [-0.39, 0.29) is 24.5 Å². The maximum Gasteiger partial charge on any atom is 0.322 e. The zero-order valence-electron chi connectivity index (χ0n) is 25.9. The predicted molar refractivity (Wildman–Crippen MR) is 166 cm³/mol. The van der Waals surface area contributed by atoms with Gasteiger partial charge < -0.3 is 15.2 Å². The van der Waals surface area contributed by atoms with Gasteiger partial charge >= 0.3 is 11.9 Å². The summed E-state index contributed by atoms with van der Waals surface area (Å²) in [7, 11) is 0. The normalized spacial score (nSPS) is 12.2. The van der Waals surface area contributed by atoms with E-state index < -0.39 is 5.97 Å². The molecule has 40 heavy (non-hydrogen) atoms. The van der Waals surface area contributed by atoms with Crippen molar-refractivity contribution in [1.29, 1.82) is 0 Å². The summed E-state index contributed by atoms with van der Waals surface area (Å²) in [6, 6.07) is 0. The molecule has 0 fully saturated rings. The van der Waals surface area contributed by atoms with E-state index >= 15 is 0 Å². The van der Waals surface area contributed by atoms with Gasteiger partial charge in [-0.25, -0.2) is 0 Å². The number of allylic oxidation sites excluding steroid dienone is 4. The van der Waals surface area contributed by atoms with Crippen LogP contribution in [0.5, 0.6) is 0 Å². The first-order valence-corrected chi connectivity index (χ1v) is 16.5. The van der Waals surface area contributed by atoms with Crippen molar-refractivity contribution in [1.82, 2.24) is 5.32 Å². The fourth-order valence-electron chi connectivity index (χ4n) is 4.66. The summed E-state index contributed by atoms with van der Waals surface area (Å²) in [5.74, 6) is -1.33. The minimum Gasteiger partial charge on any atom is -0.480 e. The van der Waals surface area contributed by atoms with Gasteiger partial charge in [0.15, 0.2) is 0 Å². The van der Waals surface area contributed by atoms with Crippen LogP contribution >= 0.6 is 0 Å². The van der Waals surface area contributed by atoms with Crippen molar-refractivity contribution in [3.63, 3.8) is 0 Å². The largest absolute Gasteiger partial charge is 0.480 e. The molecule has 1 atom stereocenters. The molecule has 0 rings (SSSR count). The fraction of sp³-hybridized carbons (Fsp3) is 0.794. The zero-order valence-corrected chi connectivity index (χ0v) is 25.9. The van der Waals surface area contributed by atoms with Crippen LogP contribution in [0.4, 0.5) is 0 Å². The first kappa shape index (κ1) is 37.9. The quantitative estimate of drug-likeness (QED) is 0.0537. The summed E-state index contributed by atoms with van der Waals surface area (Å²) < 4.78 is 5.82. The van der Waals surface area contributed by atoms with Crippen LogP contribution in [-0.4, -0.2) is 35.6 Å². The van der Waals surface area contributed by atoms with Crippen molar-refractivity contribution >= 4 is 17.8 Å². The van der Waals surface area contributed by atoms with Gasteiger partial charge in [0.25, 0.3) is 0 Å². The van der Waals surface area contributed by atoms with Gasteiger partial charge in [0.1, 0.15) is 12.6 Å². The highest BCUT2D eigenvalue weighted by molar-refractivity contribution is 5.80. The molecule has 0 saturated carbocycles. The molecule has 6 heteroatoms. The highest BCUT2D eigenvalue weighted by Crippen LogP contribution is 2.17. The number of aliphatic carboxylic acids is 1. The molecule has 0 saturated heterocycles. The summed E-state index contributed by atoms with van der Waals surface area (Å²) in [5.41, 5.74) is 0. The van der Waals surface area contributed by atoms with Crippen LogP contribution in [0.25, 0.3) is 0 Å². The Morgan fingerprint density at radius 2 is 1.15 bits per heavy atom. The fourth-order valence-corrected chi connectivity index (χ4v) is 4.66. The predicted octanol–water partition coefficient (Wildman–Crippen LogP) is 9.22. The van der Waals surface area contributed by atoms with E-state index in [0.717, 1.165) is 64.2 Å². The number of carboxylic acids is 1. The monoisotopic (exact) mass is 563 g/mol. The minimum atomic E-state index is -1.03. The molecule has 0 heterocycles. The molecule has 232 valence electrons. The van der Waals surface area contributed by atoms with Gasteiger partial charge in [-0.05, 0) is 70.6 Å². The minimum absolute atomic E-state index is 0.0317. The highest BCUT2D eigenvalue weighted by atomic mass is 16.5. The van der Waals surface area contributed by atoms with Gasteiger partial charge in [-0.15, -0.1) is 0 Å². The van der Waals surface area contributed by atoms with Crippen molar-refractivity contribution in [2.45, 2.75) is 168 Å². The van der Waals surface area contributed by atoms with Crippen molar-refractivity contribution in [2.75, 3.05) is 6.54 Å². The molecular formula is C34H61NO5. The van der Waals surface area contributed by atoms with Gasteiger partial charge in [0.05, 0.1) is 0 Å². The Bertz CT molecular complexity index is 673. The van der Waals surface area contributed by atoms with E-state index in [0.29, 0.717) is 19.3 Å². The Hall–Kier alpha value is -2.11. The zero-order chi connectivity index (χ0) is 29.5. The smallest absolute Gasteiger partial charge is 0.322 e. The Morgan fingerprint density at radius 1 is 0.650 bits per heavy atom. The first-order chi connectivity index (χ1) is 19.5. The number of carboxylic acid groups (broad SMARTS) is 1. The van der Waals surface area contributed by atoms with Gasteiger partial charge in [-0.2, -0.15) is 0 Å². The first-order valence-electron chi connectivity index (χ1n) is 16.5. The summed E-state index contributed by atoms with van der Waals surface area (Å²) in [5, 5.41) is 11.0. The summed E-state index contributed by atoms with van der Waals surface area (Å²) in [4.78, 5) is 34.5. The van der Waals surface area contributed by atoms with Gasteiger partial charge in [0, 0.05) is 12.8 Å². The van der Waals surface area contributed by atoms with Crippen LogP contribution in [-0.2, 0) is 19.1 Å². The topological polar surface area (TPSA) is 92.7 Å². The molecule has 0 spiro atoms. The molecule has 0 aromatic rings. The van der Waals surface area contributed by atoms with Gasteiger partial charge in [0.2, 0.25) is 5.91 Å². The molecule has 1 amide bonds. The third kappa shape index (κ3) is 28.9. The second kappa shape index (κ2) is 29.9. The van der Waals surface area contributed by atoms with Crippen molar-refractivity contribution < 1.29 is 24.2 Å². The van der Waals surface area contributed by atoms with Gasteiger partial charge in [-0.3, -0.25) is 14.4 Å². The Labute approximate surface area is 245 Å². The molecule has 0 aromatic heterocycles. The van der Waals surface area contributed by atoms with E-state index in [1.807, 2.05) is 0 Å². The molecule has 0 radical (unpaired) electrons. The van der Waals surface area contributed by atoms with Gasteiger partial charge in [-0.1, -0.05) is 102 Å². The average Bonchev–Trinajstić information content (AvgIpc) is 2.93. The number of amides is 1. The second-order valence-corrected chi connectivity index (χ2v) is 11.1. The number of carbonyl (C=O) groups is 3. The number of esters is 1. The van der Waals surface area contributed by atoms with Crippen molar-refractivity contribution in [3.8, 4) is 0 Å². The van der Waals surface area contributed by atoms with E-state index in [2.05, 4.69) is 43.5 Å². The van der Waals surface area contributed by atoms with Crippen LogP contribution in [0, 0.1) is 0 Å². The third-order valence-electron chi connectivity index (χ3n) is 7.13. The molecule has 0 aliphatic heterocycles. The Morgan fingerprint density at radius 3 is 1.77 bits per heavy atom. The maximum absolute atomic E-state index is 12.4. The number of hydrogen-bond acceptors (Lipinski definition) is 4. The number of rotatable bonds is 29. The lowest BCUT2D eigenvalue weighted by Gasteiger charge is -2.18. The van der Waals surface area contributed by atoms with Crippen molar-refractivity contribution in [2.24, 2.45) is 0 Å². The van der Waals surface area contributed by atoms with Crippen LogP contribution in [0.1, 0.15) is 162 Å². The second-order valence-electron chi connectivity index (χ2n) is 11.1. The molecular weight excluding hydrogens is 502 g/mol. The molecule has 0 aromatic carbocycles. The molecule has 0 bridgehead atoms. The molecule has 0 aliphatic carbocycles. The van der Waals surface area contributed by atoms with E-state index in [1.54, 1.807) is 0 Å². The van der Waals surface area contributed by atoms with Crippen molar-refractivity contribution in [3.05, 3.63) is 24.3 Å². The average molecular weight is 564 g/mol. The van der Waals surface area contributed by atoms with Crippen LogP contribution in [0.3, 0.4) is 0 Å². The third-order valence-corrected chi connectivity index (χ3v) is 7.13. The summed E-state index contributed by atoms with van der Waals surface area (Å²) >= 11 is 0. The van der Waals surface area contributed by atoms with E-state index in [4.69, 9.17) is 9.84 Å². The van der Waals surface area contributed by atoms with Crippen LogP contribution < -0.4 is 5.32 Å². The Balaban J connectivity index is 3.82. The molecule has 0 aliphatic rings. The SMILES string of the molecule is CCCCC/C=C\C/C=C\CCCCCCCCCC(=O)OC(CCCCC)CCCCCC(=O)NCC(=O)O. The van der Waals surface area contributed by atoms with E-state index in [9.17, 15) is 14.4 Å². The number of ether oxygens (including phenoxy) is 1. The maximum atomic E-state index is 12.4. The molecule has 6 nitrogen and oxygen atoms in total. The lowest BCUT2D eigenvalue weighted by atomic mass is 10.0. The number of carbonyl (C=O) groups excluding carboxylic acids is 2. The number of nitrogens with one attached hydrogen (secondary N) is 1. The lowest BCUT2D eigenvalue weighted by molar-refractivity contribution is -0.150. The summed E-state index contributed by atoms with van der Waals surface area (Å²) in [6.07, 6.45) is 33.2. The van der Waals surface area contributed by atoms with E-state index in [1.165, 1.54) is 64.2 Å². The molecule has 2 N–H and O–H groups in total. The Kier molecular flexibility index (Phi) is 28.3.